The number of hydrogen-bond donors (Lipinski definition) is 1. The fourth-order valence-electron chi connectivity index (χ4n) is 4.60. The Hall–Kier alpha value is -2.68. The van der Waals surface area contributed by atoms with Crippen LogP contribution < -0.4 is 5.56 Å². The molecule has 2 aromatic heterocycles. The van der Waals surface area contributed by atoms with Crippen molar-refractivity contribution in [2.75, 3.05) is 32.8 Å². The number of ether oxygens (including phenoxy) is 1. The summed E-state index contributed by atoms with van der Waals surface area (Å²) < 4.78 is 7.15. The van der Waals surface area contributed by atoms with E-state index in [4.69, 9.17) is 4.74 Å². The number of aryl methyl sites for hydroxylation is 3. The lowest BCUT2D eigenvalue weighted by Crippen LogP contribution is -2.52. The zero-order valence-electron chi connectivity index (χ0n) is 17.9. The smallest absolute Gasteiger partial charge is 0.253 e. The van der Waals surface area contributed by atoms with Crippen LogP contribution in [0, 0.1) is 13.8 Å². The minimum absolute atomic E-state index is 0.0148. The molecule has 1 unspecified atom stereocenters. The number of pyridine rings is 1. The van der Waals surface area contributed by atoms with Crippen molar-refractivity contribution in [1.82, 2.24) is 24.6 Å². The molecule has 2 aromatic rings. The molecular weight excluding hydrogens is 386 g/mol. The summed E-state index contributed by atoms with van der Waals surface area (Å²) in [4.78, 5) is 44.2. The minimum atomic E-state index is -0.312. The maximum absolute atomic E-state index is 12.7. The van der Waals surface area contributed by atoms with E-state index in [1.807, 2.05) is 13.8 Å². The van der Waals surface area contributed by atoms with E-state index < -0.39 is 0 Å². The maximum atomic E-state index is 12.7. The molecule has 1 atom stereocenters. The second kappa shape index (κ2) is 8.22. The summed E-state index contributed by atoms with van der Waals surface area (Å²) in [5.74, 6) is 0.0583. The molecule has 2 aliphatic rings. The molecular formula is C21H29N5O4. The van der Waals surface area contributed by atoms with Gasteiger partial charge in [0.05, 0.1) is 5.69 Å². The highest BCUT2D eigenvalue weighted by atomic mass is 16.5. The molecule has 0 saturated carbocycles. The number of amides is 2. The molecule has 4 rings (SSSR count). The number of aromatic nitrogens is 3. The Morgan fingerprint density at radius 2 is 1.87 bits per heavy atom. The number of carbonyl (C=O) groups excluding carboxylic acids is 2. The summed E-state index contributed by atoms with van der Waals surface area (Å²) in [6, 6.07) is 0. The van der Waals surface area contributed by atoms with Crippen LogP contribution in [-0.4, -0.2) is 75.3 Å². The van der Waals surface area contributed by atoms with Crippen LogP contribution in [0.25, 0.3) is 11.0 Å². The van der Waals surface area contributed by atoms with Gasteiger partial charge in [-0.05, 0) is 38.7 Å². The van der Waals surface area contributed by atoms with E-state index >= 15 is 0 Å². The summed E-state index contributed by atoms with van der Waals surface area (Å²) >= 11 is 0. The highest BCUT2D eigenvalue weighted by molar-refractivity contribution is 5.83. The van der Waals surface area contributed by atoms with E-state index in [0.717, 1.165) is 29.5 Å². The van der Waals surface area contributed by atoms with Gasteiger partial charge in [-0.3, -0.25) is 19.1 Å². The number of hydrogen-bond acceptors (Lipinski definition) is 5. The summed E-state index contributed by atoms with van der Waals surface area (Å²) in [5.41, 5.74) is 2.93. The minimum Gasteiger partial charge on any atom is -0.368 e. The Kier molecular flexibility index (Phi) is 5.64. The van der Waals surface area contributed by atoms with E-state index in [9.17, 15) is 14.4 Å². The standard InChI is InChI=1S/C21H29N5O4/c1-13-15(20(28)22-19-18(13)14(2)23-24(19)3)6-7-17(27)25-8-10-26(11-9-25)21(29)16-5-4-12-30-16/h16H,4-12H2,1-3H3,(H,22,28). The first-order chi connectivity index (χ1) is 14.4. The average molecular weight is 415 g/mol. The molecule has 0 radical (unpaired) electrons. The first-order valence-corrected chi connectivity index (χ1v) is 10.6. The third kappa shape index (κ3) is 3.74. The van der Waals surface area contributed by atoms with Gasteiger partial charge in [0.2, 0.25) is 5.91 Å². The van der Waals surface area contributed by atoms with E-state index in [1.165, 1.54) is 0 Å². The lowest BCUT2D eigenvalue weighted by Gasteiger charge is -2.35. The van der Waals surface area contributed by atoms with Crippen LogP contribution >= 0.6 is 0 Å². The van der Waals surface area contributed by atoms with Crippen LogP contribution in [-0.2, 0) is 27.8 Å². The van der Waals surface area contributed by atoms with Crippen molar-refractivity contribution in [3.63, 3.8) is 0 Å². The number of rotatable bonds is 4. The molecule has 4 heterocycles. The number of fused-ring (bicyclic) bond motifs is 1. The molecule has 9 nitrogen and oxygen atoms in total. The van der Waals surface area contributed by atoms with Gasteiger partial charge in [0.15, 0.2) is 0 Å². The Labute approximate surface area is 175 Å². The number of nitrogens with zero attached hydrogens (tertiary/aromatic N) is 4. The molecule has 0 aliphatic carbocycles. The van der Waals surface area contributed by atoms with Crippen molar-refractivity contribution in [2.45, 2.75) is 45.6 Å². The first-order valence-electron chi connectivity index (χ1n) is 10.6. The second-order valence-corrected chi connectivity index (χ2v) is 8.20. The van der Waals surface area contributed by atoms with Crippen molar-refractivity contribution in [3.8, 4) is 0 Å². The normalized spacial score (nSPS) is 19.6. The molecule has 162 valence electrons. The largest absolute Gasteiger partial charge is 0.368 e. The quantitative estimate of drug-likeness (QED) is 0.791. The molecule has 30 heavy (non-hydrogen) atoms. The average Bonchev–Trinajstić information content (AvgIpc) is 3.36. The van der Waals surface area contributed by atoms with Crippen molar-refractivity contribution < 1.29 is 14.3 Å². The zero-order valence-corrected chi connectivity index (χ0v) is 17.9. The van der Waals surface area contributed by atoms with Crippen LogP contribution in [0.2, 0.25) is 0 Å². The summed E-state index contributed by atoms with van der Waals surface area (Å²) in [6.45, 7) is 6.59. The highest BCUT2D eigenvalue weighted by Gasteiger charge is 2.31. The topological polar surface area (TPSA) is 101 Å². The molecule has 2 fully saturated rings. The van der Waals surface area contributed by atoms with Gasteiger partial charge in [0.1, 0.15) is 11.8 Å². The van der Waals surface area contributed by atoms with Crippen molar-refractivity contribution in [2.24, 2.45) is 7.05 Å². The van der Waals surface area contributed by atoms with Crippen LogP contribution in [0.15, 0.2) is 4.79 Å². The number of H-pyrrole nitrogens is 1. The fraction of sp³-hybridized carbons (Fsp3) is 0.619. The molecule has 2 aliphatic heterocycles. The lowest BCUT2D eigenvalue weighted by molar-refractivity contribution is -0.146. The van der Waals surface area contributed by atoms with E-state index in [0.29, 0.717) is 50.4 Å². The highest BCUT2D eigenvalue weighted by Crippen LogP contribution is 2.21. The Balaban J connectivity index is 1.37. The van der Waals surface area contributed by atoms with Crippen LogP contribution in [0.1, 0.15) is 36.1 Å². The first kappa shape index (κ1) is 20.6. The fourth-order valence-corrected chi connectivity index (χ4v) is 4.60. The van der Waals surface area contributed by atoms with Crippen molar-refractivity contribution in [1.29, 1.82) is 0 Å². The van der Waals surface area contributed by atoms with Gasteiger partial charge in [0, 0.05) is 57.2 Å². The predicted molar refractivity (Wildman–Crippen MR) is 111 cm³/mol. The molecule has 9 heteroatoms. The van der Waals surface area contributed by atoms with Crippen molar-refractivity contribution in [3.05, 3.63) is 27.2 Å². The third-order valence-electron chi connectivity index (χ3n) is 6.29. The number of piperazine rings is 1. The molecule has 0 spiro atoms. The van der Waals surface area contributed by atoms with Gasteiger partial charge in [0.25, 0.3) is 11.5 Å². The second-order valence-electron chi connectivity index (χ2n) is 8.20. The Bertz CT molecular complexity index is 1030. The number of carbonyl (C=O) groups is 2. The molecule has 2 amide bonds. The monoisotopic (exact) mass is 415 g/mol. The van der Waals surface area contributed by atoms with E-state index in [2.05, 4.69) is 10.1 Å². The van der Waals surface area contributed by atoms with Gasteiger partial charge in [-0.2, -0.15) is 5.10 Å². The SMILES string of the molecule is Cc1nn(C)c2[nH]c(=O)c(CCC(=O)N3CCN(C(=O)C4CCCO4)CC3)c(C)c12. The Morgan fingerprint density at radius 1 is 1.17 bits per heavy atom. The van der Waals surface area contributed by atoms with Gasteiger partial charge in [-0.25, -0.2) is 0 Å². The molecule has 0 aromatic carbocycles. The summed E-state index contributed by atoms with van der Waals surface area (Å²) in [6.07, 6.45) is 2.06. The van der Waals surface area contributed by atoms with E-state index in [-0.39, 0.29) is 29.9 Å². The molecule has 1 N–H and O–H groups in total. The summed E-state index contributed by atoms with van der Waals surface area (Å²) in [5, 5.41) is 5.33. The van der Waals surface area contributed by atoms with Crippen LogP contribution in [0.3, 0.4) is 0 Å². The van der Waals surface area contributed by atoms with Gasteiger partial charge >= 0.3 is 0 Å². The Morgan fingerprint density at radius 3 is 2.53 bits per heavy atom. The van der Waals surface area contributed by atoms with Crippen LogP contribution in [0.4, 0.5) is 0 Å². The van der Waals surface area contributed by atoms with Gasteiger partial charge in [-0.1, -0.05) is 0 Å². The summed E-state index contributed by atoms with van der Waals surface area (Å²) in [7, 11) is 1.80. The molecule has 0 bridgehead atoms. The van der Waals surface area contributed by atoms with Gasteiger partial charge < -0.3 is 19.5 Å². The zero-order chi connectivity index (χ0) is 21.4. The third-order valence-corrected chi connectivity index (χ3v) is 6.29. The predicted octanol–water partition coefficient (Wildman–Crippen LogP) is 0.661. The van der Waals surface area contributed by atoms with Crippen LogP contribution in [0.5, 0.6) is 0 Å². The van der Waals surface area contributed by atoms with Gasteiger partial charge in [-0.15, -0.1) is 0 Å². The van der Waals surface area contributed by atoms with E-state index in [1.54, 1.807) is 21.5 Å². The molecule has 2 saturated heterocycles. The number of nitrogens with one attached hydrogen (secondary N) is 1. The van der Waals surface area contributed by atoms with Crippen molar-refractivity contribution >= 4 is 22.8 Å². The number of aromatic amines is 1. The lowest BCUT2D eigenvalue weighted by atomic mass is 10.0. The maximum Gasteiger partial charge on any atom is 0.253 e.